The Morgan fingerprint density at radius 3 is 2.18 bits per heavy atom. The van der Waals surface area contributed by atoms with Gasteiger partial charge in [0, 0.05) is 20.5 Å². The van der Waals surface area contributed by atoms with Crippen molar-refractivity contribution in [2.24, 2.45) is 17.3 Å². The van der Waals surface area contributed by atoms with E-state index in [4.69, 9.17) is 0 Å². The summed E-state index contributed by atoms with van der Waals surface area (Å²) in [6, 6.07) is -1.46. The molecule has 1 heterocycles. The first-order valence-electron chi connectivity index (χ1n) is 12.6. The summed E-state index contributed by atoms with van der Waals surface area (Å²) in [6.07, 6.45) is 4.51. The van der Waals surface area contributed by atoms with E-state index in [9.17, 15) is 19.2 Å². The fraction of sp³-hybridized carbons (Fsp3) is 0.840. The van der Waals surface area contributed by atoms with Gasteiger partial charge in [-0.1, -0.05) is 61.3 Å². The first kappa shape index (κ1) is 30.4. The molecule has 0 saturated carbocycles. The van der Waals surface area contributed by atoms with Crippen LogP contribution in [0.3, 0.4) is 0 Å². The summed E-state index contributed by atoms with van der Waals surface area (Å²) in [4.78, 5) is 51.4. The van der Waals surface area contributed by atoms with Crippen molar-refractivity contribution in [3.63, 3.8) is 0 Å². The summed E-state index contributed by atoms with van der Waals surface area (Å²) < 4.78 is 0. The molecule has 0 radical (unpaired) electrons. The summed E-state index contributed by atoms with van der Waals surface area (Å²) in [5.41, 5.74) is 0.322. The summed E-state index contributed by atoms with van der Waals surface area (Å²) in [6.45, 7) is 14.2. The van der Waals surface area contributed by atoms with E-state index in [1.165, 1.54) is 23.8 Å². The predicted octanol–water partition coefficient (Wildman–Crippen LogP) is 3.21. The Morgan fingerprint density at radius 1 is 1.12 bits per heavy atom. The maximum absolute atomic E-state index is 13.2. The Kier molecular flexibility index (Phi) is 12.1. The lowest BCUT2D eigenvalue weighted by Gasteiger charge is -2.36. The molecule has 0 spiro atoms. The van der Waals surface area contributed by atoms with Crippen molar-refractivity contribution in [1.29, 1.82) is 0 Å². The summed E-state index contributed by atoms with van der Waals surface area (Å²) >= 11 is 1.54. The molecular weight excluding hydrogens is 452 g/mol. The van der Waals surface area contributed by atoms with E-state index in [2.05, 4.69) is 31.4 Å². The fourth-order valence-electron chi connectivity index (χ4n) is 4.34. The van der Waals surface area contributed by atoms with Crippen LogP contribution in [0, 0.1) is 17.3 Å². The quantitative estimate of drug-likeness (QED) is 0.282. The van der Waals surface area contributed by atoms with Crippen LogP contribution in [-0.2, 0) is 19.2 Å². The van der Waals surface area contributed by atoms with Gasteiger partial charge in [-0.15, -0.1) is 11.8 Å². The number of hydrazine groups is 1. The van der Waals surface area contributed by atoms with Gasteiger partial charge in [-0.2, -0.15) is 0 Å². The van der Waals surface area contributed by atoms with Crippen molar-refractivity contribution < 1.29 is 19.2 Å². The van der Waals surface area contributed by atoms with Crippen LogP contribution in [0.4, 0.5) is 0 Å². The molecule has 1 unspecified atom stereocenters. The van der Waals surface area contributed by atoms with E-state index in [0.29, 0.717) is 5.41 Å². The zero-order valence-corrected chi connectivity index (χ0v) is 23.4. The van der Waals surface area contributed by atoms with Crippen LogP contribution in [0.25, 0.3) is 0 Å². The van der Waals surface area contributed by atoms with Crippen molar-refractivity contribution in [2.75, 3.05) is 19.8 Å². The number of imide groups is 1. The standard InChI is InChI=1S/C25H46N4O4S/c1-10-25(7,11-2)13-12-14-34-18-15-19(30)29(24(18)33)28(9)21(17(5)6)23(32)27-20(16(3)4)22(31)26-8/h16-18,20-21H,10-15H2,1-9H3,(H,26,31)(H,27,32)/t18?,20-,21-/m0/s1. The van der Waals surface area contributed by atoms with Crippen LogP contribution in [0.15, 0.2) is 0 Å². The van der Waals surface area contributed by atoms with Crippen LogP contribution in [-0.4, -0.2) is 70.8 Å². The van der Waals surface area contributed by atoms with Gasteiger partial charge in [0.25, 0.3) is 5.91 Å². The number of amides is 4. The number of likely N-dealkylation sites (N-methyl/N-ethyl adjacent to an activating group) is 2. The van der Waals surface area contributed by atoms with Gasteiger partial charge in [0.15, 0.2) is 0 Å². The number of nitrogens with zero attached hydrogens (tertiary/aromatic N) is 2. The number of hydrogen-bond donors (Lipinski definition) is 2. The molecular formula is C25H46N4O4S. The van der Waals surface area contributed by atoms with Gasteiger partial charge in [-0.05, 0) is 35.8 Å². The predicted molar refractivity (Wildman–Crippen MR) is 138 cm³/mol. The highest BCUT2D eigenvalue weighted by Crippen LogP contribution is 2.33. The van der Waals surface area contributed by atoms with E-state index in [1.54, 1.807) is 7.05 Å². The molecule has 1 saturated heterocycles. The smallest absolute Gasteiger partial charge is 0.257 e. The molecule has 0 aliphatic carbocycles. The van der Waals surface area contributed by atoms with Gasteiger partial charge in [0.2, 0.25) is 17.7 Å². The Morgan fingerprint density at radius 2 is 1.71 bits per heavy atom. The third-order valence-electron chi connectivity index (χ3n) is 7.14. The van der Waals surface area contributed by atoms with Crippen molar-refractivity contribution in [2.45, 2.75) is 97.9 Å². The first-order valence-corrected chi connectivity index (χ1v) is 13.6. The molecule has 1 rings (SSSR count). The van der Waals surface area contributed by atoms with E-state index >= 15 is 0 Å². The molecule has 1 aliphatic heterocycles. The van der Waals surface area contributed by atoms with Crippen LogP contribution in [0.5, 0.6) is 0 Å². The molecule has 1 fully saturated rings. The molecule has 8 nitrogen and oxygen atoms in total. The van der Waals surface area contributed by atoms with Gasteiger partial charge in [0.1, 0.15) is 12.1 Å². The van der Waals surface area contributed by atoms with Gasteiger partial charge in [0.05, 0.1) is 5.25 Å². The Hall–Kier alpha value is -1.61. The van der Waals surface area contributed by atoms with Crippen molar-refractivity contribution >= 4 is 35.4 Å². The molecule has 3 atom stereocenters. The molecule has 0 bridgehead atoms. The largest absolute Gasteiger partial charge is 0.357 e. The monoisotopic (exact) mass is 498 g/mol. The number of hydrogen-bond acceptors (Lipinski definition) is 6. The minimum atomic E-state index is -0.766. The minimum absolute atomic E-state index is 0.111. The molecule has 34 heavy (non-hydrogen) atoms. The molecule has 196 valence electrons. The average Bonchev–Trinajstić information content (AvgIpc) is 3.06. The summed E-state index contributed by atoms with van der Waals surface area (Å²) in [5, 5.41) is 7.56. The maximum atomic E-state index is 13.2. The normalized spacial score (nSPS) is 18.7. The second-order valence-electron chi connectivity index (χ2n) is 10.3. The van der Waals surface area contributed by atoms with Crippen LogP contribution in [0.1, 0.15) is 80.6 Å². The second-order valence-corrected chi connectivity index (χ2v) is 11.6. The average molecular weight is 499 g/mol. The number of carbonyl (C=O) groups excluding carboxylic acids is 4. The van der Waals surface area contributed by atoms with E-state index in [1.807, 2.05) is 27.7 Å². The minimum Gasteiger partial charge on any atom is -0.357 e. The van der Waals surface area contributed by atoms with Crippen LogP contribution >= 0.6 is 11.8 Å². The summed E-state index contributed by atoms with van der Waals surface area (Å²) in [5.74, 6) is -0.683. The highest BCUT2D eigenvalue weighted by atomic mass is 32.2. The Labute approximate surface area is 210 Å². The zero-order chi connectivity index (χ0) is 26.2. The second kappa shape index (κ2) is 13.5. The van der Waals surface area contributed by atoms with Crippen LogP contribution in [0.2, 0.25) is 0 Å². The number of nitrogens with one attached hydrogen (secondary N) is 2. The topological polar surface area (TPSA) is 98.8 Å². The van der Waals surface area contributed by atoms with E-state index in [0.717, 1.165) is 36.4 Å². The van der Waals surface area contributed by atoms with Gasteiger partial charge in [-0.3, -0.25) is 19.2 Å². The fourth-order valence-corrected chi connectivity index (χ4v) is 5.44. The van der Waals surface area contributed by atoms with Gasteiger partial charge < -0.3 is 10.6 Å². The molecule has 9 heteroatoms. The molecule has 0 aromatic heterocycles. The van der Waals surface area contributed by atoms with E-state index < -0.39 is 17.3 Å². The third kappa shape index (κ3) is 7.70. The Bertz CT molecular complexity index is 724. The number of rotatable bonds is 14. The third-order valence-corrected chi connectivity index (χ3v) is 8.44. The van der Waals surface area contributed by atoms with Crippen molar-refractivity contribution in [3.8, 4) is 0 Å². The summed E-state index contributed by atoms with van der Waals surface area (Å²) in [7, 11) is 3.13. The molecule has 1 aliphatic rings. The first-order chi connectivity index (χ1) is 15.8. The van der Waals surface area contributed by atoms with Crippen LogP contribution < -0.4 is 10.6 Å². The lowest BCUT2D eigenvalue weighted by Crippen LogP contribution is -2.60. The lowest BCUT2D eigenvalue weighted by atomic mass is 9.81. The Balaban J connectivity index is 2.87. The highest BCUT2D eigenvalue weighted by Gasteiger charge is 2.45. The van der Waals surface area contributed by atoms with E-state index in [-0.39, 0.29) is 41.9 Å². The molecule has 0 aromatic rings. The molecule has 0 aromatic carbocycles. The van der Waals surface area contributed by atoms with Gasteiger partial charge in [-0.25, -0.2) is 10.0 Å². The SMILES string of the molecule is CCC(C)(CC)CCCSC1CC(=O)N(N(C)[C@H](C(=O)N[C@H](C(=O)NC)C(C)C)C(C)C)C1=O. The highest BCUT2D eigenvalue weighted by molar-refractivity contribution is 8.00. The number of thioether (sulfide) groups is 1. The zero-order valence-electron chi connectivity index (χ0n) is 22.6. The van der Waals surface area contributed by atoms with Crippen molar-refractivity contribution in [1.82, 2.24) is 20.7 Å². The molecule has 2 N–H and O–H groups in total. The lowest BCUT2D eigenvalue weighted by molar-refractivity contribution is -0.163. The van der Waals surface area contributed by atoms with Gasteiger partial charge >= 0.3 is 0 Å². The number of carbonyl (C=O) groups is 4. The molecule has 4 amide bonds. The van der Waals surface area contributed by atoms with Crippen molar-refractivity contribution in [3.05, 3.63) is 0 Å². The maximum Gasteiger partial charge on any atom is 0.257 e.